The van der Waals surface area contributed by atoms with Gasteiger partial charge in [0, 0.05) is 42.4 Å². The van der Waals surface area contributed by atoms with Gasteiger partial charge in [0.1, 0.15) is 4.76 Å². The number of amides is 1. The lowest BCUT2D eigenvalue weighted by molar-refractivity contribution is -0.387. The summed E-state index contributed by atoms with van der Waals surface area (Å²) >= 11 is 0. The molecule has 1 amide bonds. The third kappa shape index (κ3) is 4.70. The van der Waals surface area contributed by atoms with E-state index >= 15 is 0 Å². The van der Waals surface area contributed by atoms with Gasteiger partial charge in [-0.1, -0.05) is 25.1 Å². The van der Waals surface area contributed by atoms with Gasteiger partial charge in [-0.25, -0.2) is 4.79 Å². The molecule has 0 fully saturated rings. The van der Waals surface area contributed by atoms with Crippen molar-refractivity contribution in [3.05, 3.63) is 70.6 Å². The smallest absolute Gasteiger partial charge is 0.378 e. The number of allylic oxidation sites excluding steroid dienone is 1. The second-order valence-corrected chi connectivity index (χ2v) is 5.77. The number of ketones is 1. The Hall–Kier alpha value is -3.08. The molecule has 2 rings (SSSR count). The molecule has 5 nitrogen and oxygen atoms in total. The van der Waals surface area contributed by atoms with E-state index in [1.165, 1.54) is 18.2 Å². The first kappa shape index (κ1) is 18.3. The maximum atomic E-state index is 12.2. The van der Waals surface area contributed by atoms with Gasteiger partial charge >= 0.3 is 5.91 Å². The number of carbonyl (C=O) groups excluding carboxylic acids is 2. The minimum atomic E-state index is -0.514. The van der Waals surface area contributed by atoms with Gasteiger partial charge in [0.25, 0.3) is 5.69 Å². The number of hydrogen-bond acceptors (Lipinski definition) is 4. The summed E-state index contributed by atoms with van der Waals surface area (Å²) in [4.78, 5) is 37.3. The summed E-state index contributed by atoms with van der Waals surface area (Å²) in [6.45, 7) is 1.63. The average molecular weight is 337 g/mol. The van der Waals surface area contributed by atoms with Crippen LogP contribution in [0.3, 0.4) is 0 Å². The van der Waals surface area contributed by atoms with Crippen molar-refractivity contribution in [2.75, 3.05) is 19.0 Å². The van der Waals surface area contributed by atoms with Crippen LogP contribution in [0.1, 0.15) is 29.3 Å². The van der Waals surface area contributed by atoms with Crippen LogP contribution in [0.15, 0.2) is 54.6 Å². The maximum Gasteiger partial charge on any atom is 0.439 e. The Morgan fingerprint density at radius 3 is 2.12 bits per heavy atom. The predicted molar refractivity (Wildman–Crippen MR) is 99.2 cm³/mol. The lowest BCUT2D eigenvalue weighted by Crippen LogP contribution is -2.11. The van der Waals surface area contributed by atoms with E-state index < -0.39 is 5.91 Å². The van der Waals surface area contributed by atoms with Crippen LogP contribution in [-0.4, -0.2) is 30.5 Å². The third-order valence-corrected chi connectivity index (χ3v) is 3.75. The minimum absolute atomic E-state index is 0.138. The Kier molecular flexibility index (Phi) is 5.95. The van der Waals surface area contributed by atoms with Crippen LogP contribution in [0.4, 0.5) is 11.4 Å². The molecule has 0 aliphatic heterocycles. The van der Waals surface area contributed by atoms with Crippen molar-refractivity contribution >= 4 is 29.1 Å². The number of benzene rings is 2. The number of hydrogen-bond donors (Lipinski definition) is 0. The lowest BCUT2D eigenvalue weighted by Gasteiger charge is -2.11. The zero-order chi connectivity index (χ0) is 18.4. The molecule has 0 aromatic heterocycles. The number of nitrogens with zero attached hydrogens (tertiary/aromatic N) is 2. The van der Waals surface area contributed by atoms with Crippen molar-refractivity contribution in [3.8, 4) is 0 Å². The highest BCUT2D eigenvalue weighted by Crippen LogP contribution is 2.16. The Labute approximate surface area is 147 Å². The summed E-state index contributed by atoms with van der Waals surface area (Å²) in [7, 11) is 3.93. The van der Waals surface area contributed by atoms with E-state index in [-0.39, 0.29) is 17.9 Å². The number of anilines is 1. The molecule has 0 heterocycles. The van der Waals surface area contributed by atoms with Gasteiger partial charge in [-0.3, -0.25) is 4.79 Å². The van der Waals surface area contributed by atoms with Crippen LogP contribution in [0.2, 0.25) is 0 Å². The Morgan fingerprint density at radius 1 is 1.00 bits per heavy atom. The molecular weight excluding hydrogens is 316 g/mol. The van der Waals surface area contributed by atoms with Gasteiger partial charge in [0.05, 0.1) is 6.42 Å². The molecule has 128 valence electrons. The molecule has 0 radical (unpaired) electrons. The van der Waals surface area contributed by atoms with E-state index in [0.29, 0.717) is 10.3 Å². The summed E-state index contributed by atoms with van der Waals surface area (Å²) in [5, 5.41) is 0. The van der Waals surface area contributed by atoms with Crippen LogP contribution in [0, 0.1) is 4.91 Å². The van der Waals surface area contributed by atoms with Crippen molar-refractivity contribution < 1.29 is 14.3 Å². The second kappa shape index (κ2) is 8.15. The van der Waals surface area contributed by atoms with E-state index in [4.69, 9.17) is 0 Å². The number of rotatable bonds is 6. The number of carbonyl (C=O) groups is 2. The zero-order valence-electron chi connectivity index (χ0n) is 14.6. The van der Waals surface area contributed by atoms with Crippen molar-refractivity contribution in [1.29, 1.82) is 0 Å². The summed E-state index contributed by atoms with van der Waals surface area (Å²) in [5.74, 6) is -0.678. The van der Waals surface area contributed by atoms with E-state index in [1.54, 1.807) is 25.1 Å². The standard InChI is InChI=1S/C20H21N2O3/c1-4-20(24)22(25)18-12-8-16(9-13-18)19(23)14-7-15-5-10-17(11-6-15)21(2)3/h5-14H,4H2,1-3H3/q+1/b14-7+. The normalized spacial score (nSPS) is 10.7. The molecule has 5 heteroatoms. The SMILES string of the molecule is CCC(=O)[N+](=O)c1ccc(C(=O)/C=C/c2ccc(N(C)C)cc2)cc1. The van der Waals surface area contributed by atoms with Gasteiger partial charge < -0.3 is 4.90 Å². The number of nitroso groups, excluding NO2 is 1. The van der Waals surface area contributed by atoms with Gasteiger partial charge in [-0.15, -0.1) is 0 Å². The quantitative estimate of drug-likeness (QED) is 0.454. The van der Waals surface area contributed by atoms with Crippen LogP contribution in [0.5, 0.6) is 0 Å². The van der Waals surface area contributed by atoms with Crippen molar-refractivity contribution in [1.82, 2.24) is 0 Å². The van der Waals surface area contributed by atoms with E-state index in [0.717, 1.165) is 11.3 Å². The maximum absolute atomic E-state index is 12.2. The summed E-state index contributed by atoms with van der Waals surface area (Å²) in [6, 6.07) is 13.9. The highest BCUT2D eigenvalue weighted by atomic mass is 16.3. The second-order valence-electron chi connectivity index (χ2n) is 5.77. The molecule has 2 aromatic carbocycles. The largest absolute Gasteiger partial charge is 0.439 e. The van der Waals surface area contributed by atoms with Crippen molar-refractivity contribution in [2.24, 2.45) is 0 Å². The molecule has 0 saturated carbocycles. The fourth-order valence-corrected chi connectivity index (χ4v) is 2.20. The summed E-state index contributed by atoms with van der Waals surface area (Å²) in [5.41, 5.74) is 2.70. The van der Waals surface area contributed by atoms with Crippen LogP contribution in [0.25, 0.3) is 6.08 Å². The van der Waals surface area contributed by atoms with Gasteiger partial charge in [-0.2, -0.15) is 0 Å². The fourth-order valence-electron chi connectivity index (χ4n) is 2.20. The van der Waals surface area contributed by atoms with E-state index in [2.05, 4.69) is 0 Å². The summed E-state index contributed by atoms with van der Waals surface area (Å²) in [6.07, 6.45) is 3.38. The van der Waals surface area contributed by atoms with Crippen LogP contribution in [-0.2, 0) is 4.79 Å². The highest BCUT2D eigenvalue weighted by molar-refractivity contribution is 6.06. The van der Waals surface area contributed by atoms with Crippen molar-refractivity contribution in [2.45, 2.75) is 13.3 Å². The van der Waals surface area contributed by atoms with Gasteiger partial charge in [0.2, 0.25) is 0 Å². The van der Waals surface area contributed by atoms with Crippen LogP contribution < -0.4 is 4.90 Å². The molecule has 2 aromatic rings. The topological polar surface area (TPSA) is 57.5 Å². The molecular formula is C20H21N2O3+. The molecule has 0 N–H and O–H groups in total. The molecule has 0 unspecified atom stereocenters. The van der Waals surface area contributed by atoms with E-state index in [9.17, 15) is 14.5 Å². The molecule has 0 atom stereocenters. The Bertz CT molecular complexity index is 804. The average Bonchev–Trinajstić information content (AvgIpc) is 2.65. The monoisotopic (exact) mass is 337 g/mol. The Balaban J connectivity index is 2.07. The highest BCUT2D eigenvalue weighted by Gasteiger charge is 2.22. The molecule has 0 aliphatic carbocycles. The Morgan fingerprint density at radius 2 is 1.60 bits per heavy atom. The molecule has 0 saturated heterocycles. The van der Waals surface area contributed by atoms with Gasteiger partial charge in [-0.05, 0) is 35.9 Å². The molecule has 0 aliphatic rings. The first-order valence-electron chi connectivity index (χ1n) is 8.02. The summed E-state index contributed by atoms with van der Waals surface area (Å²) < 4.78 is 0.344. The molecule has 0 bridgehead atoms. The van der Waals surface area contributed by atoms with E-state index in [1.807, 2.05) is 43.3 Å². The van der Waals surface area contributed by atoms with Crippen molar-refractivity contribution in [3.63, 3.8) is 0 Å². The third-order valence-electron chi connectivity index (χ3n) is 3.75. The fraction of sp³-hybridized carbons (Fsp3) is 0.200. The first-order valence-corrected chi connectivity index (χ1v) is 8.02. The first-order chi connectivity index (χ1) is 11.9. The minimum Gasteiger partial charge on any atom is -0.378 e. The van der Waals surface area contributed by atoms with Gasteiger partial charge in [0.15, 0.2) is 5.78 Å². The lowest BCUT2D eigenvalue weighted by atomic mass is 10.1. The predicted octanol–water partition coefficient (Wildman–Crippen LogP) is 4.00. The molecule has 25 heavy (non-hydrogen) atoms. The molecule has 0 spiro atoms. The van der Waals surface area contributed by atoms with Crippen LogP contribution >= 0.6 is 0 Å². The zero-order valence-corrected chi connectivity index (χ0v) is 14.6.